The average molecular weight is 222 g/mol. The van der Waals surface area contributed by atoms with Gasteiger partial charge < -0.3 is 10.6 Å². The first-order valence-corrected chi connectivity index (χ1v) is 6.83. The van der Waals surface area contributed by atoms with Gasteiger partial charge in [-0.25, -0.2) is 0 Å². The van der Waals surface area contributed by atoms with Crippen molar-refractivity contribution in [2.45, 2.75) is 44.6 Å². The number of rotatable bonds is 6. The lowest BCUT2D eigenvalue weighted by atomic mass is 9.98. The van der Waals surface area contributed by atoms with Crippen LogP contribution in [-0.2, 0) is 4.79 Å². The average Bonchev–Trinajstić information content (AvgIpc) is 3.15. The molecule has 2 N–H and O–H groups in total. The van der Waals surface area contributed by atoms with Crippen LogP contribution in [-0.4, -0.2) is 25.0 Å². The highest BCUT2D eigenvalue weighted by molar-refractivity contribution is 5.78. The molecule has 0 aromatic carbocycles. The van der Waals surface area contributed by atoms with Crippen LogP contribution in [0.5, 0.6) is 0 Å². The molecule has 0 bridgehead atoms. The lowest BCUT2D eigenvalue weighted by Gasteiger charge is -2.18. The maximum Gasteiger partial charge on any atom is 0.220 e. The van der Waals surface area contributed by atoms with E-state index < -0.39 is 0 Å². The molecule has 16 heavy (non-hydrogen) atoms. The molecule has 3 heteroatoms. The van der Waals surface area contributed by atoms with Crippen molar-refractivity contribution in [3.05, 3.63) is 0 Å². The van der Waals surface area contributed by atoms with Gasteiger partial charge in [0.25, 0.3) is 0 Å². The zero-order valence-electron chi connectivity index (χ0n) is 9.87. The van der Waals surface area contributed by atoms with Crippen molar-refractivity contribution in [2.24, 2.45) is 17.8 Å². The Morgan fingerprint density at radius 1 is 1.19 bits per heavy atom. The second-order valence-corrected chi connectivity index (χ2v) is 5.80. The van der Waals surface area contributed by atoms with Gasteiger partial charge in [0.2, 0.25) is 5.91 Å². The molecule has 2 saturated carbocycles. The number of nitrogens with one attached hydrogen (secondary N) is 2. The van der Waals surface area contributed by atoms with Crippen molar-refractivity contribution in [3.63, 3.8) is 0 Å². The van der Waals surface area contributed by atoms with Crippen LogP contribution < -0.4 is 10.6 Å². The maximum atomic E-state index is 11.0. The third-order valence-corrected chi connectivity index (χ3v) is 4.31. The molecule has 90 valence electrons. The van der Waals surface area contributed by atoms with Gasteiger partial charge in [0.1, 0.15) is 0 Å². The van der Waals surface area contributed by atoms with Crippen LogP contribution in [0.3, 0.4) is 0 Å². The van der Waals surface area contributed by atoms with Gasteiger partial charge >= 0.3 is 0 Å². The predicted octanol–water partition coefficient (Wildman–Crippen LogP) is 1.29. The molecular formula is C13H22N2O. The fourth-order valence-electron chi connectivity index (χ4n) is 3.02. The van der Waals surface area contributed by atoms with E-state index in [-0.39, 0.29) is 5.91 Å². The van der Waals surface area contributed by atoms with Crippen LogP contribution >= 0.6 is 0 Å². The fraction of sp³-hybridized carbons (Fsp3) is 0.923. The maximum absolute atomic E-state index is 11.0. The molecule has 3 rings (SSSR count). The number of hydrogen-bond acceptors (Lipinski definition) is 2. The number of amides is 1. The molecule has 1 heterocycles. The minimum Gasteiger partial charge on any atom is -0.352 e. The first-order valence-electron chi connectivity index (χ1n) is 6.83. The summed E-state index contributed by atoms with van der Waals surface area (Å²) in [6.07, 6.45) is 7.59. The van der Waals surface area contributed by atoms with Crippen molar-refractivity contribution in [1.82, 2.24) is 10.6 Å². The van der Waals surface area contributed by atoms with Gasteiger partial charge in [0.05, 0.1) is 0 Å². The van der Waals surface area contributed by atoms with Crippen LogP contribution in [0.1, 0.15) is 38.5 Å². The van der Waals surface area contributed by atoms with Crippen LogP contribution in [0.2, 0.25) is 0 Å². The molecule has 3 aliphatic rings. The number of hydrogen-bond donors (Lipinski definition) is 2. The zero-order chi connectivity index (χ0) is 11.0. The summed E-state index contributed by atoms with van der Waals surface area (Å²) in [5, 5.41) is 6.59. The third-order valence-electron chi connectivity index (χ3n) is 4.31. The van der Waals surface area contributed by atoms with E-state index in [0.29, 0.717) is 6.04 Å². The standard InChI is InChI=1S/C13H22N2O/c16-13-6-5-11(15-13)7-14-8-12(9-1-2-9)10-3-4-10/h9-12,14H,1-8H2,(H,15,16). The van der Waals surface area contributed by atoms with E-state index in [0.717, 1.165) is 37.1 Å². The topological polar surface area (TPSA) is 41.1 Å². The minimum absolute atomic E-state index is 0.229. The zero-order valence-corrected chi connectivity index (χ0v) is 9.87. The summed E-state index contributed by atoms with van der Waals surface area (Å²) >= 11 is 0. The molecule has 3 nitrogen and oxygen atoms in total. The molecule has 0 spiro atoms. The van der Waals surface area contributed by atoms with Crippen molar-refractivity contribution in [1.29, 1.82) is 0 Å². The highest BCUT2D eigenvalue weighted by atomic mass is 16.1. The molecule has 0 radical (unpaired) electrons. The largest absolute Gasteiger partial charge is 0.352 e. The summed E-state index contributed by atoms with van der Waals surface area (Å²) in [5.41, 5.74) is 0. The second-order valence-electron chi connectivity index (χ2n) is 5.80. The summed E-state index contributed by atoms with van der Waals surface area (Å²) in [4.78, 5) is 11.0. The van der Waals surface area contributed by atoms with E-state index in [1.165, 1.54) is 32.2 Å². The van der Waals surface area contributed by atoms with Crippen LogP contribution in [0, 0.1) is 17.8 Å². The lowest BCUT2D eigenvalue weighted by Crippen LogP contribution is -2.38. The second kappa shape index (κ2) is 4.36. The summed E-state index contributed by atoms with van der Waals surface area (Å²) in [5.74, 6) is 3.22. The third kappa shape index (κ3) is 2.57. The normalized spacial score (nSPS) is 29.8. The molecule has 0 aromatic heterocycles. The van der Waals surface area contributed by atoms with Gasteiger partial charge in [-0.1, -0.05) is 0 Å². The quantitative estimate of drug-likeness (QED) is 0.711. The summed E-state index contributed by atoms with van der Waals surface area (Å²) in [6, 6.07) is 0.395. The van der Waals surface area contributed by atoms with Crippen LogP contribution in [0.15, 0.2) is 0 Å². The first kappa shape index (κ1) is 10.6. The van der Waals surface area contributed by atoms with Gasteiger partial charge in [0, 0.05) is 19.0 Å². The van der Waals surface area contributed by atoms with Gasteiger partial charge in [-0.3, -0.25) is 4.79 Å². The summed E-state index contributed by atoms with van der Waals surface area (Å²) < 4.78 is 0. The Morgan fingerprint density at radius 3 is 2.38 bits per heavy atom. The van der Waals surface area contributed by atoms with Crippen molar-refractivity contribution in [3.8, 4) is 0 Å². The number of carbonyl (C=O) groups is 1. The minimum atomic E-state index is 0.229. The first-order chi connectivity index (χ1) is 7.83. The molecule has 3 fully saturated rings. The molecule has 1 unspecified atom stereocenters. The Kier molecular flexibility index (Phi) is 2.88. The Hall–Kier alpha value is -0.570. The van der Waals surface area contributed by atoms with E-state index in [4.69, 9.17) is 0 Å². The molecule has 0 aromatic rings. The Labute approximate surface area is 97.4 Å². The van der Waals surface area contributed by atoms with Crippen LogP contribution in [0.4, 0.5) is 0 Å². The van der Waals surface area contributed by atoms with Crippen molar-refractivity contribution >= 4 is 5.91 Å². The monoisotopic (exact) mass is 222 g/mol. The molecule has 1 aliphatic heterocycles. The molecule has 1 saturated heterocycles. The molecule has 1 atom stereocenters. The Balaban J connectivity index is 1.37. The van der Waals surface area contributed by atoms with Crippen molar-refractivity contribution < 1.29 is 4.79 Å². The smallest absolute Gasteiger partial charge is 0.220 e. The van der Waals surface area contributed by atoms with E-state index in [2.05, 4.69) is 10.6 Å². The summed E-state index contributed by atoms with van der Waals surface area (Å²) in [7, 11) is 0. The van der Waals surface area contributed by atoms with Gasteiger partial charge in [0.15, 0.2) is 0 Å². The van der Waals surface area contributed by atoms with E-state index in [1.54, 1.807) is 0 Å². The van der Waals surface area contributed by atoms with Gasteiger partial charge in [-0.2, -0.15) is 0 Å². The van der Waals surface area contributed by atoms with Crippen LogP contribution in [0.25, 0.3) is 0 Å². The van der Waals surface area contributed by atoms with E-state index >= 15 is 0 Å². The molecular weight excluding hydrogens is 200 g/mol. The van der Waals surface area contributed by atoms with E-state index in [9.17, 15) is 4.79 Å². The summed E-state index contributed by atoms with van der Waals surface area (Å²) in [6.45, 7) is 2.16. The van der Waals surface area contributed by atoms with E-state index in [1.807, 2.05) is 0 Å². The molecule has 2 aliphatic carbocycles. The number of carbonyl (C=O) groups excluding carboxylic acids is 1. The molecule has 1 amide bonds. The Morgan fingerprint density at radius 2 is 1.88 bits per heavy atom. The highest BCUT2D eigenvalue weighted by Gasteiger charge is 2.40. The Bertz CT molecular complexity index is 259. The predicted molar refractivity (Wildman–Crippen MR) is 63.0 cm³/mol. The fourth-order valence-corrected chi connectivity index (χ4v) is 3.02. The lowest BCUT2D eigenvalue weighted by molar-refractivity contribution is -0.119. The van der Waals surface area contributed by atoms with Crippen molar-refractivity contribution in [2.75, 3.05) is 13.1 Å². The highest BCUT2D eigenvalue weighted by Crippen LogP contribution is 2.48. The van der Waals surface area contributed by atoms with Gasteiger partial charge in [-0.15, -0.1) is 0 Å². The SMILES string of the molecule is O=C1CCC(CNCC(C2CC2)C2CC2)N1. The van der Waals surface area contributed by atoms with Gasteiger partial charge in [-0.05, 0) is 56.4 Å².